The van der Waals surface area contributed by atoms with Crippen LogP contribution in [0.25, 0.3) is 10.8 Å². The fourth-order valence-electron chi connectivity index (χ4n) is 1.22. The van der Waals surface area contributed by atoms with E-state index in [1.165, 1.54) is 0 Å². The van der Waals surface area contributed by atoms with E-state index in [2.05, 4.69) is 20.9 Å². The molecular formula is C9H5BrClNO. The summed E-state index contributed by atoms with van der Waals surface area (Å²) in [6.45, 7) is 0. The Kier molecular flexibility index (Phi) is 2.14. The number of rotatable bonds is 0. The van der Waals surface area contributed by atoms with Crippen molar-refractivity contribution in [3.05, 3.63) is 44.2 Å². The minimum atomic E-state index is -0.124. The van der Waals surface area contributed by atoms with Crippen LogP contribution < -0.4 is 5.56 Å². The maximum absolute atomic E-state index is 11.3. The summed E-state index contributed by atoms with van der Waals surface area (Å²) >= 11 is 9.16. The third-order valence-corrected chi connectivity index (χ3v) is 2.68. The maximum atomic E-state index is 11.3. The zero-order valence-corrected chi connectivity index (χ0v) is 8.82. The molecule has 66 valence electrons. The van der Waals surface area contributed by atoms with Gasteiger partial charge in [-0.3, -0.25) is 4.79 Å². The Bertz CT molecular complexity index is 520. The lowest BCUT2D eigenvalue weighted by atomic mass is 10.2. The van der Waals surface area contributed by atoms with Gasteiger partial charge in [-0.2, -0.15) is 0 Å². The lowest BCUT2D eigenvalue weighted by Gasteiger charge is -1.99. The molecule has 1 N–H and O–H groups in total. The quantitative estimate of drug-likeness (QED) is 0.774. The SMILES string of the molecule is O=c1[nH]ccc2c(Br)cc(Cl)cc12. The van der Waals surface area contributed by atoms with E-state index in [1.807, 2.05) is 6.07 Å². The van der Waals surface area contributed by atoms with Gasteiger partial charge in [0.2, 0.25) is 0 Å². The first-order valence-electron chi connectivity index (χ1n) is 3.65. The van der Waals surface area contributed by atoms with Crippen LogP contribution >= 0.6 is 27.5 Å². The van der Waals surface area contributed by atoms with Crippen molar-refractivity contribution in [2.24, 2.45) is 0 Å². The third-order valence-electron chi connectivity index (χ3n) is 1.80. The second-order valence-corrected chi connectivity index (χ2v) is 3.95. The molecule has 2 rings (SSSR count). The van der Waals surface area contributed by atoms with Crippen molar-refractivity contribution in [2.45, 2.75) is 0 Å². The fraction of sp³-hybridized carbons (Fsp3) is 0. The van der Waals surface area contributed by atoms with Crippen molar-refractivity contribution >= 4 is 38.3 Å². The van der Waals surface area contributed by atoms with E-state index in [-0.39, 0.29) is 5.56 Å². The molecule has 2 nitrogen and oxygen atoms in total. The predicted molar refractivity (Wildman–Crippen MR) is 57.3 cm³/mol. The normalized spacial score (nSPS) is 10.6. The number of benzene rings is 1. The van der Waals surface area contributed by atoms with Crippen LogP contribution in [0.5, 0.6) is 0 Å². The van der Waals surface area contributed by atoms with Gasteiger partial charge in [0.05, 0.1) is 0 Å². The average Bonchev–Trinajstić information content (AvgIpc) is 2.07. The van der Waals surface area contributed by atoms with E-state index in [4.69, 9.17) is 11.6 Å². The van der Waals surface area contributed by atoms with Gasteiger partial charge in [0.1, 0.15) is 0 Å². The van der Waals surface area contributed by atoms with Crippen LogP contribution in [-0.4, -0.2) is 4.98 Å². The Balaban J connectivity index is 3.03. The number of halogens is 2. The summed E-state index contributed by atoms with van der Waals surface area (Å²) in [5, 5.41) is 2.02. The van der Waals surface area contributed by atoms with Crippen molar-refractivity contribution in [1.82, 2.24) is 4.98 Å². The molecule has 0 bridgehead atoms. The van der Waals surface area contributed by atoms with E-state index in [1.54, 1.807) is 18.3 Å². The predicted octanol–water partition coefficient (Wildman–Crippen LogP) is 2.94. The van der Waals surface area contributed by atoms with Gasteiger partial charge in [-0.25, -0.2) is 0 Å². The molecule has 1 aromatic carbocycles. The summed E-state index contributed by atoms with van der Waals surface area (Å²) in [7, 11) is 0. The first-order valence-corrected chi connectivity index (χ1v) is 4.82. The van der Waals surface area contributed by atoms with Gasteiger partial charge in [-0.05, 0) is 18.2 Å². The highest BCUT2D eigenvalue weighted by atomic mass is 79.9. The molecule has 1 heterocycles. The van der Waals surface area contributed by atoms with Crippen LogP contribution in [0.3, 0.4) is 0 Å². The molecule has 0 atom stereocenters. The van der Waals surface area contributed by atoms with Gasteiger partial charge >= 0.3 is 0 Å². The fourth-order valence-corrected chi connectivity index (χ4v) is 2.16. The highest BCUT2D eigenvalue weighted by molar-refractivity contribution is 9.10. The standard InChI is InChI=1S/C9H5BrClNO/c10-8-4-5(11)3-7-6(8)1-2-12-9(7)13/h1-4H,(H,12,13). The van der Waals surface area contributed by atoms with E-state index >= 15 is 0 Å². The molecule has 0 unspecified atom stereocenters. The number of hydrogen-bond acceptors (Lipinski definition) is 1. The Morgan fingerprint density at radius 3 is 2.85 bits per heavy atom. The number of aromatic amines is 1. The molecule has 0 spiro atoms. The number of hydrogen-bond donors (Lipinski definition) is 1. The molecule has 2 aromatic rings. The molecule has 0 fully saturated rings. The lowest BCUT2D eigenvalue weighted by molar-refractivity contribution is 1.28. The van der Waals surface area contributed by atoms with Crippen molar-refractivity contribution in [3.8, 4) is 0 Å². The lowest BCUT2D eigenvalue weighted by Crippen LogP contribution is -2.04. The molecule has 0 saturated carbocycles. The van der Waals surface area contributed by atoms with Crippen LogP contribution in [0.15, 0.2) is 33.7 Å². The highest BCUT2D eigenvalue weighted by Gasteiger charge is 2.02. The zero-order valence-electron chi connectivity index (χ0n) is 6.47. The summed E-state index contributed by atoms with van der Waals surface area (Å²) in [6.07, 6.45) is 1.61. The molecule has 0 saturated heterocycles. The number of aromatic nitrogens is 1. The summed E-state index contributed by atoms with van der Waals surface area (Å²) in [5.74, 6) is 0. The minimum absolute atomic E-state index is 0.124. The molecule has 0 aliphatic carbocycles. The third kappa shape index (κ3) is 1.49. The summed E-state index contributed by atoms with van der Waals surface area (Å²) in [5.41, 5.74) is -0.124. The molecule has 0 aliphatic rings. The Morgan fingerprint density at radius 2 is 2.08 bits per heavy atom. The Labute approximate surface area is 87.7 Å². The van der Waals surface area contributed by atoms with Gasteiger partial charge in [-0.15, -0.1) is 0 Å². The van der Waals surface area contributed by atoms with E-state index in [0.717, 1.165) is 9.86 Å². The van der Waals surface area contributed by atoms with Crippen molar-refractivity contribution in [3.63, 3.8) is 0 Å². The first kappa shape index (κ1) is 8.78. The van der Waals surface area contributed by atoms with Gasteiger partial charge in [-0.1, -0.05) is 27.5 Å². The zero-order chi connectivity index (χ0) is 9.42. The molecule has 1 aromatic heterocycles. The van der Waals surface area contributed by atoms with Crippen LogP contribution in [0, 0.1) is 0 Å². The van der Waals surface area contributed by atoms with Gasteiger partial charge in [0.15, 0.2) is 0 Å². The molecular weight excluding hydrogens is 253 g/mol. The minimum Gasteiger partial charge on any atom is -0.329 e. The molecule has 0 aliphatic heterocycles. The Hall–Kier alpha value is -0.800. The molecule has 0 radical (unpaired) electrons. The van der Waals surface area contributed by atoms with Crippen molar-refractivity contribution < 1.29 is 0 Å². The van der Waals surface area contributed by atoms with E-state index < -0.39 is 0 Å². The molecule has 13 heavy (non-hydrogen) atoms. The first-order chi connectivity index (χ1) is 6.18. The molecule has 4 heteroatoms. The van der Waals surface area contributed by atoms with Gasteiger partial charge < -0.3 is 4.98 Å². The number of pyridine rings is 1. The maximum Gasteiger partial charge on any atom is 0.255 e. The van der Waals surface area contributed by atoms with Crippen molar-refractivity contribution in [1.29, 1.82) is 0 Å². The van der Waals surface area contributed by atoms with Crippen LogP contribution in [0.1, 0.15) is 0 Å². The second kappa shape index (κ2) is 3.16. The van der Waals surface area contributed by atoms with E-state index in [0.29, 0.717) is 10.4 Å². The molecule has 0 amide bonds. The summed E-state index contributed by atoms with van der Waals surface area (Å²) in [6, 6.07) is 5.25. The van der Waals surface area contributed by atoms with Crippen LogP contribution in [0.2, 0.25) is 5.02 Å². The average molecular weight is 259 g/mol. The highest BCUT2D eigenvalue weighted by Crippen LogP contribution is 2.25. The number of H-pyrrole nitrogens is 1. The van der Waals surface area contributed by atoms with Crippen molar-refractivity contribution in [2.75, 3.05) is 0 Å². The number of fused-ring (bicyclic) bond motifs is 1. The van der Waals surface area contributed by atoms with Gasteiger partial charge in [0, 0.05) is 26.5 Å². The topological polar surface area (TPSA) is 32.9 Å². The summed E-state index contributed by atoms with van der Waals surface area (Å²) < 4.78 is 0.834. The smallest absolute Gasteiger partial charge is 0.255 e. The monoisotopic (exact) mass is 257 g/mol. The van der Waals surface area contributed by atoms with Gasteiger partial charge in [0.25, 0.3) is 5.56 Å². The van der Waals surface area contributed by atoms with Crippen LogP contribution in [-0.2, 0) is 0 Å². The second-order valence-electron chi connectivity index (χ2n) is 2.66. The Morgan fingerprint density at radius 1 is 1.31 bits per heavy atom. The van der Waals surface area contributed by atoms with Crippen LogP contribution in [0.4, 0.5) is 0 Å². The van der Waals surface area contributed by atoms with E-state index in [9.17, 15) is 4.79 Å². The summed E-state index contributed by atoms with van der Waals surface area (Å²) in [4.78, 5) is 13.9. The number of nitrogens with one attached hydrogen (secondary N) is 1. The largest absolute Gasteiger partial charge is 0.329 e.